The zero-order chi connectivity index (χ0) is 11.4. The molecular formula is C12H14N4. The molecule has 4 heteroatoms. The van der Waals surface area contributed by atoms with E-state index in [1.165, 1.54) is 0 Å². The van der Waals surface area contributed by atoms with Crippen molar-refractivity contribution in [3.05, 3.63) is 23.8 Å². The third kappa shape index (κ3) is 2.05. The first-order valence-electron chi connectivity index (χ1n) is 5.31. The third-order valence-corrected chi connectivity index (χ3v) is 2.73. The predicted octanol–water partition coefficient (Wildman–Crippen LogP) is 1.30. The quantitative estimate of drug-likeness (QED) is 0.755. The number of rotatable bonds is 2. The first-order valence-corrected chi connectivity index (χ1v) is 5.31. The van der Waals surface area contributed by atoms with E-state index < -0.39 is 0 Å². The van der Waals surface area contributed by atoms with E-state index in [4.69, 9.17) is 5.26 Å². The van der Waals surface area contributed by atoms with Crippen LogP contribution in [0.4, 0.5) is 11.4 Å². The predicted molar refractivity (Wildman–Crippen MR) is 65.4 cm³/mol. The van der Waals surface area contributed by atoms with Gasteiger partial charge < -0.3 is 10.2 Å². The largest absolute Gasteiger partial charge is 0.367 e. The second kappa shape index (κ2) is 4.77. The normalized spacial score (nSPS) is 15.6. The topological polar surface area (TPSA) is 51.4 Å². The van der Waals surface area contributed by atoms with Gasteiger partial charge in [0, 0.05) is 26.2 Å². The molecule has 1 aliphatic rings. The number of nitrogens with one attached hydrogen (secondary N) is 1. The summed E-state index contributed by atoms with van der Waals surface area (Å²) in [6.45, 7) is 7.46. The summed E-state index contributed by atoms with van der Waals surface area (Å²) in [5, 5.41) is 12.1. The van der Waals surface area contributed by atoms with E-state index in [0.29, 0.717) is 5.56 Å². The van der Waals surface area contributed by atoms with E-state index in [1.54, 1.807) is 6.07 Å². The van der Waals surface area contributed by atoms with Crippen molar-refractivity contribution in [2.45, 2.75) is 0 Å². The molecule has 0 aliphatic carbocycles. The van der Waals surface area contributed by atoms with Gasteiger partial charge in [-0.1, -0.05) is 0 Å². The van der Waals surface area contributed by atoms with Crippen LogP contribution in [0.3, 0.4) is 0 Å². The Balaban J connectivity index is 2.32. The van der Waals surface area contributed by atoms with E-state index in [2.05, 4.69) is 28.0 Å². The Morgan fingerprint density at radius 2 is 2.12 bits per heavy atom. The van der Waals surface area contributed by atoms with Crippen molar-refractivity contribution in [1.82, 2.24) is 5.32 Å². The summed E-state index contributed by atoms with van der Waals surface area (Å²) in [4.78, 5) is 6.26. The van der Waals surface area contributed by atoms with E-state index in [0.717, 1.165) is 37.6 Å². The van der Waals surface area contributed by atoms with Crippen molar-refractivity contribution in [3.8, 4) is 6.07 Å². The molecule has 0 bridgehead atoms. The molecule has 1 aromatic rings. The Morgan fingerprint density at radius 3 is 2.75 bits per heavy atom. The van der Waals surface area contributed by atoms with E-state index in [9.17, 15) is 0 Å². The van der Waals surface area contributed by atoms with Gasteiger partial charge in [-0.15, -0.1) is 0 Å². The number of hydrogen-bond donors (Lipinski definition) is 1. The molecule has 16 heavy (non-hydrogen) atoms. The van der Waals surface area contributed by atoms with E-state index in [1.807, 2.05) is 12.1 Å². The van der Waals surface area contributed by atoms with Gasteiger partial charge in [0.1, 0.15) is 0 Å². The van der Waals surface area contributed by atoms with Gasteiger partial charge >= 0.3 is 0 Å². The van der Waals surface area contributed by atoms with Crippen LogP contribution in [0.25, 0.3) is 0 Å². The van der Waals surface area contributed by atoms with E-state index >= 15 is 0 Å². The summed E-state index contributed by atoms with van der Waals surface area (Å²) >= 11 is 0. The van der Waals surface area contributed by atoms with Gasteiger partial charge in [0.25, 0.3) is 0 Å². The van der Waals surface area contributed by atoms with Crippen LogP contribution in [-0.4, -0.2) is 32.9 Å². The summed E-state index contributed by atoms with van der Waals surface area (Å²) in [5.74, 6) is 0. The maximum absolute atomic E-state index is 8.82. The first kappa shape index (κ1) is 10.7. The van der Waals surface area contributed by atoms with Crippen LogP contribution in [0.5, 0.6) is 0 Å². The monoisotopic (exact) mass is 214 g/mol. The minimum absolute atomic E-state index is 0.626. The summed E-state index contributed by atoms with van der Waals surface area (Å²) < 4.78 is 0. The number of anilines is 1. The number of nitriles is 1. The van der Waals surface area contributed by atoms with Gasteiger partial charge in [-0.25, -0.2) is 0 Å². The molecule has 1 aliphatic heterocycles. The fraction of sp³-hybridized carbons (Fsp3) is 0.333. The molecule has 4 nitrogen and oxygen atoms in total. The molecule has 1 fully saturated rings. The molecule has 0 unspecified atom stereocenters. The standard InChI is InChI=1S/C12H14N4/c1-14-11-8-10(9-13)2-3-12(11)16-6-4-15-5-7-16/h2-3,8,15H,1,4-7H2. The van der Waals surface area contributed by atoms with Crippen LogP contribution in [0.1, 0.15) is 5.56 Å². The Morgan fingerprint density at radius 1 is 1.38 bits per heavy atom. The lowest BCUT2D eigenvalue weighted by molar-refractivity contribution is 0.589. The van der Waals surface area contributed by atoms with Crippen molar-refractivity contribution in [2.75, 3.05) is 31.1 Å². The number of aliphatic imine (C=N–C) groups is 1. The molecule has 0 radical (unpaired) electrons. The number of piperazine rings is 1. The van der Waals surface area contributed by atoms with Crippen LogP contribution >= 0.6 is 0 Å². The molecule has 82 valence electrons. The average molecular weight is 214 g/mol. The Labute approximate surface area is 95.2 Å². The van der Waals surface area contributed by atoms with Crippen LogP contribution in [0.2, 0.25) is 0 Å². The molecule has 1 saturated heterocycles. The van der Waals surface area contributed by atoms with Crippen molar-refractivity contribution in [2.24, 2.45) is 4.99 Å². The minimum atomic E-state index is 0.626. The van der Waals surface area contributed by atoms with Gasteiger partial charge in [0.15, 0.2) is 0 Å². The molecule has 1 N–H and O–H groups in total. The molecule has 0 amide bonds. The van der Waals surface area contributed by atoms with E-state index in [-0.39, 0.29) is 0 Å². The second-order valence-corrected chi connectivity index (χ2v) is 3.71. The SMILES string of the molecule is C=Nc1cc(C#N)ccc1N1CCNCC1. The summed E-state index contributed by atoms with van der Waals surface area (Å²) in [6, 6.07) is 7.67. The lowest BCUT2D eigenvalue weighted by Crippen LogP contribution is -2.43. The highest BCUT2D eigenvalue weighted by Gasteiger charge is 2.13. The van der Waals surface area contributed by atoms with Crippen LogP contribution < -0.4 is 10.2 Å². The lowest BCUT2D eigenvalue weighted by Gasteiger charge is -2.30. The van der Waals surface area contributed by atoms with Crippen LogP contribution in [0.15, 0.2) is 23.2 Å². The molecule has 2 rings (SSSR count). The van der Waals surface area contributed by atoms with Gasteiger partial charge in [0.2, 0.25) is 0 Å². The van der Waals surface area contributed by atoms with Crippen molar-refractivity contribution >= 4 is 18.1 Å². The fourth-order valence-corrected chi connectivity index (χ4v) is 1.89. The third-order valence-electron chi connectivity index (χ3n) is 2.73. The van der Waals surface area contributed by atoms with Crippen molar-refractivity contribution < 1.29 is 0 Å². The van der Waals surface area contributed by atoms with Crippen molar-refractivity contribution in [1.29, 1.82) is 5.26 Å². The number of benzene rings is 1. The minimum Gasteiger partial charge on any atom is -0.367 e. The summed E-state index contributed by atoms with van der Waals surface area (Å²) in [7, 11) is 0. The highest BCUT2D eigenvalue weighted by Crippen LogP contribution is 2.29. The van der Waals surface area contributed by atoms with Gasteiger partial charge in [-0.3, -0.25) is 4.99 Å². The van der Waals surface area contributed by atoms with Crippen molar-refractivity contribution in [3.63, 3.8) is 0 Å². The highest BCUT2D eigenvalue weighted by molar-refractivity contribution is 5.71. The molecule has 1 heterocycles. The van der Waals surface area contributed by atoms with Crippen LogP contribution in [-0.2, 0) is 0 Å². The smallest absolute Gasteiger partial charge is 0.0992 e. The molecule has 1 aromatic carbocycles. The first-order chi connectivity index (χ1) is 7.85. The van der Waals surface area contributed by atoms with Gasteiger partial charge in [-0.05, 0) is 24.9 Å². The average Bonchev–Trinajstić information content (AvgIpc) is 2.39. The second-order valence-electron chi connectivity index (χ2n) is 3.71. The highest BCUT2D eigenvalue weighted by atomic mass is 15.2. The molecule has 0 atom stereocenters. The van der Waals surface area contributed by atoms with Crippen LogP contribution in [0, 0.1) is 11.3 Å². The Bertz CT molecular complexity index is 427. The number of hydrogen-bond acceptors (Lipinski definition) is 4. The maximum Gasteiger partial charge on any atom is 0.0992 e. The fourth-order valence-electron chi connectivity index (χ4n) is 1.89. The molecule has 0 saturated carbocycles. The van der Waals surface area contributed by atoms with Gasteiger partial charge in [-0.2, -0.15) is 5.26 Å². The number of nitrogens with zero attached hydrogens (tertiary/aromatic N) is 3. The van der Waals surface area contributed by atoms with Gasteiger partial charge in [0.05, 0.1) is 23.0 Å². The Kier molecular flexibility index (Phi) is 3.18. The lowest BCUT2D eigenvalue weighted by atomic mass is 10.1. The molecule has 0 aromatic heterocycles. The Hall–Kier alpha value is -1.86. The zero-order valence-corrected chi connectivity index (χ0v) is 9.11. The molecule has 0 spiro atoms. The molecular weight excluding hydrogens is 200 g/mol. The summed E-state index contributed by atoms with van der Waals surface area (Å²) in [5.41, 5.74) is 2.48. The maximum atomic E-state index is 8.82. The zero-order valence-electron chi connectivity index (χ0n) is 9.11. The summed E-state index contributed by atoms with van der Waals surface area (Å²) in [6.07, 6.45) is 0.